The van der Waals surface area contributed by atoms with Gasteiger partial charge in [0.25, 0.3) is 5.91 Å². The van der Waals surface area contributed by atoms with Crippen LogP contribution in [0.2, 0.25) is 0 Å². The van der Waals surface area contributed by atoms with E-state index in [0.717, 1.165) is 18.4 Å². The van der Waals surface area contributed by atoms with Gasteiger partial charge in [-0.1, -0.05) is 19.3 Å². The van der Waals surface area contributed by atoms with Gasteiger partial charge in [0.1, 0.15) is 17.1 Å². The predicted octanol–water partition coefficient (Wildman–Crippen LogP) is 3.87. The normalized spacial score (nSPS) is 16.0. The van der Waals surface area contributed by atoms with Crippen LogP contribution in [0.5, 0.6) is 5.75 Å². The first-order chi connectivity index (χ1) is 12.1. The zero-order valence-corrected chi connectivity index (χ0v) is 14.7. The SMILES string of the molecule is COc1ccc(F)cc1C(=O)n1ccc(C)cc1=NC1CCCCC1. The molecular formula is C20H23FN2O2. The lowest BCUT2D eigenvalue weighted by molar-refractivity contribution is 0.0951. The smallest absolute Gasteiger partial charge is 0.267 e. The molecule has 0 amide bonds. The molecule has 25 heavy (non-hydrogen) atoms. The Kier molecular flexibility index (Phi) is 5.31. The number of methoxy groups -OCH3 is 1. The fraction of sp³-hybridized carbons (Fsp3) is 0.400. The molecule has 1 saturated carbocycles. The van der Waals surface area contributed by atoms with Crippen molar-refractivity contribution in [2.45, 2.75) is 45.1 Å². The summed E-state index contributed by atoms with van der Waals surface area (Å²) >= 11 is 0. The van der Waals surface area contributed by atoms with E-state index in [4.69, 9.17) is 9.73 Å². The Morgan fingerprint density at radius 2 is 1.96 bits per heavy atom. The molecule has 2 aromatic rings. The molecule has 4 nitrogen and oxygen atoms in total. The van der Waals surface area contributed by atoms with Gasteiger partial charge in [-0.05, 0) is 55.7 Å². The summed E-state index contributed by atoms with van der Waals surface area (Å²) in [6.45, 7) is 1.97. The van der Waals surface area contributed by atoms with E-state index in [-0.39, 0.29) is 17.5 Å². The molecule has 0 aliphatic heterocycles. The Morgan fingerprint density at radius 1 is 1.20 bits per heavy atom. The van der Waals surface area contributed by atoms with Crippen LogP contribution in [-0.4, -0.2) is 23.6 Å². The van der Waals surface area contributed by atoms with Gasteiger partial charge in [-0.3, -0.25) is 14.4 Å². The quantitative estimate of drug-likeness (QED) is 0.850. The van der Waals surface area contributed by atoms with Gasteiger partial charge in [-0.2, -0.15) is 0 Å². The number of hydrogen-bond acceptors (Lipinski definition) is 3. The molecule has 132 valence electrons. The third kappa shape index (κ3) is 3.98. The summed E-state index contributed by atoms with van der Waals surface area (Å²) in [5.41, 5.74) is 1.84. The summed E-state index contributed by atoms with van der Waals surface area (Å²) in [5, 5.41) is 0. The van der Waals surface area contributed by atoms with Crippen LogP contribution >= 0.6 is 0 Å². The number of halogens is 1. The van der Waals surface area contributed by atoms with Crippen molar-refractivity contribution in [1.82, 2.24) is 4.57 Å². The number of hydrogen-bond donors (Lipinski definition) is 0. The number of aryl methyl sites for hydroxylation is 1. The average molecular weight is 342 g/mol. The first-order valence-electron chi connectivity index (χ1n) is 8.70. The van der Waals surface area contributed by atoms with Crippen molar-refractivity contribution < 1.29 is 13.9 Å². The van der Waals surface area contributed by atoms with Crippen LogP contribution in [-0.2, 0) is 0 Å². The monoisotopic (exact) mass is 342 g/mol. The maximum absolute atomic E-state index is 13.7. The minimum atomic E-state index is -0.470. The maximum Gasteiger partial charge on any atom is 0.267 e. The number of carbonyl (C=O) groups excluding carboxylic acids is 1. The summed E-state index contributed by atoms with van der Waals surface area (Å²) in [6, 6.07) is 7.95. The number of aromatic nitrogens is 1. The molecule has 0 N–H and O–H groups in total. The average Bonchev–Trinajstić information content (AvgIpc) is 2.62. The summed E-state index contributed by atoms with van der Waals surface area (Å²) in [4.78, 5) is 17.8. The van der Waals surface area contributed by atoms with E-state index in [1.807, 2.05) is 19.1 Å². The lowest BCUT2D eigenvalue weighted by Gasteiger charge is -2.18. The highest BCUT2D eigenvalue weighted by molar-refractivity contribution is 5.98. The summed E-state index contributed by atoms with van der Waals surface area (Å²) in [5.74, 6) is -0.461. The molecule has 1 aliphatic rings. The second-order valence-corrected chi connectivity index (χ2v) is 6.50. The fourth-order valence-corrected chi connectivity index (χ4v) is 3.24. The number of ether oxygens (including phenoxy) is 1. The molecule has 0 bridgehead atoms. The summed E-state index contributed by atoms with van der Waals surface area (Å²) in [7, 11) is 1.47. The standard InChI is InChI=1S/C20H23FN2O2/c1-14-10-11-23(19(12-14)22-16-6-4-3-5-7-16)20(24)17-13-15(21)8-9-18(17)25-2/h8-13,16H,3-7H2,1-2H3. The van der Waals surface area contributed by atoms with Crippen LogP contribution in [0.25, 0.3) is 0 Å². The van der Waals surface area contributed by atoms with E-state index in [1.165, 1.54) is 49.1 Å². The molecule has 0 atom stereocenters. The molecule has 1 heterocycles. The second kappa shape index (κ2) is 7.64. The van der Waals surface area contributed by atoms with Gasteiger partial charge in [0.15, 0.2) is 0 Å². The molecule has 0 saturated heterocycles. The van der Waals surface area contributed by atoms with Gasteiger partial charge in [0, 0.05) is 6.20 Å². The van der Waals surface area contributed by atoms with Crippen molar-refractivity contribution in [1.29, 1.82) is 0 Å². The first kappa shape index (κ1) is 17.4. The summed E-state index contributed by atoms with van der Waals surface area (Å²) in [6.07, 6.45) is 7.39. The fourth-order valence-electron chi connectivity index (χ4n) is 3.24. The van der Waals surface area contributed by atoms with Crippen LogP contribution in [0.4, 0.5) is 4.39 Å². The van der Waals surface area contributed by atoms with Gasteiger partial charge in [0.2, 0.25) is 0 Å². The van der Waals surface area contributed by atoms with Gasteiger partial charge in [0.05, 0.1) is 18.7 Å². The minimum absolute atomic E-state index is 0.191. The third-order valence-electron chi connectivity index (χ3n) is 4.59. The highest BCUT2D eigenvalue weighted by Crippen LogP contribution is 2.21. The predicted molar refractivity (Wildman–Crippen MR) is 94.3 cm³/mol. The van der Waals surface area contributed by atoms with Gasteiger partial charge < -0.3 is 4.74 Å². The topological polar surface area (TPSA) is 43.6 Å². The van der Waals surface area contributed by atoms with Crippen LogP contribution < -0.4 is 10.2 Å². The Balaban J connectivity index is 2.06. The lowest BCUT2D eigenvalue weighted by Crippen LogP contribution is -2.30. The Bertz CT molecular complexity index is 836. The van der Waals surface area contributed by atoms with E-state index in [1.54, 1.807) is 6.20 Å². The van der Waals surface area contributed by atoms with Gasteiger partial charge in [-0.15, -0.1) is 0 Å². The van der Waals surface area contributed by atoms with Crippen molar-refractivity contribution in [3.05, 3.63) is 59.0 Å². The van der Waals surface area contributed by atoms with Crippen LogP contribution in [0, 0.1) is 12.7 Å². The Hall–Kier alpha value is -2.43. The van der Waals surface area contributed by atoms with Crippen molar-refractivity contribution in [2.75, 3.05) is 7.11 Å². The molecular weight excluding hydrogens is 319 g/mol. The van der Waals surface area contributed by atoms with Crippen molar-refractivity contribution in [3.63, 3.8) is 0 Å². The lowest BCUT2D eigenvalue weighted by atomic mass is 9.96. The van der Waals surface area contributed by atoms with Gasteiger partial charge >= 0.3 is 0 Å². The van der Waals surface area contributed by atoms with E-state index >= 15 is 0 Å². The molecule has 0 spiro atoms. The third-order valence-corrected chi connectivity index (χ3v) is 4.59. The molecule has 1 aromatic carbocycles. The maximum atomic E-state index is 13.7. The minimum Gasteiger partial charge on any atom is -0.496 e. The molecule has 1 aliphatic carbocycles. The number of benzene rings is 1. The number of pyridine rings is 1. The number of nitrogens with zero attached hydrogens (tertiary/aromatic N) is 2. The molecule has 0 radical (unpaired) electrons. The largest absolute Gasteiger partial charge is 0.496 e. The molecule has 3 rings (SSSR count). The Morgan fingerprint density at radius 3 is 2.68 bits per heavy atom. The number of rotatable bonds is 3. The molecule has 0 unspecified atom stereocenters. The first-order valence-corrected chi connectivity index (χ1v) is 8.70. The van der Waals surface area contributed by atoms with E-state index in [9.17, 15) is 9.18 Å². The highest BCUT2D eigenvalue weighted by Gasteiger charge is 2.17. The van der Waals surface area contributed by atoms with Crippen LogP contribution in [0.15, 0.2) is 41.5 Å². The number of carbonyl (C=O) groups is 1. The van der Waals surface area contributed by atoms with Gasteiger partial charge in [-0.25, -0.2) is 4.39 Å². The Labute approximate surface area is 147 Å². The second-order valence-electron chi connectivity index (χ2n) is 6.50. The van der Waals surface area contributed by atoms with Crippen molar-refractivity contribution >= 4 is 5.91 Å². The van der Waals surface area contributed by atoms with Crippen molar-refractivity contribution in [3.8, 4) is 5.75 Å². The van der Waals surface area contributed by atoms with E-state index in [0.29, 0.717) is 11.2 Å². The van der Waals surface area contributed by atoms with E-state index in [2.05, 4.69) is 0 Å². The molecule has 1 aromatic heterocycles. The van der Waals surface area contributed by atoms with Crippen molar-refractivity contribution in [2.24, 2.45) is 4.99 Å². The summed E-state index contributed by atoms with van der Waals surface area (Å²) < 4.78 is 20.4. The van der Waals surface area contributed by atoms with Crippen LogP contribution in [0.3, 0.4) is 0 Å². The highest BCUT2D eigenvalue weighted by atomic mass is 19.1. The van der Waals surface area contributed by atoms with Crippen LogP contribution in [0.1, 0.15) is 48.0 Å². The zero-order chi connectivity index (χ0) is 17.8. The molecule has 1 fully saturated rings. The zero-order valence-electron chi connectivity index (χ0n) is 14.7. The van der Waals surface area contributed by atoms with E-state index < -0.39 is 5.82 Å². The molecule has 5 heteroatoms.